The Morgan fingerprint density at radius 1 is 1.64 bits per heavy atom. The van der Waals surface area contributed by atoms with Gasteiger partial charge >= 0.3 is 6.09 Å². The summed E-state index contributed by atoms with van der Waals surface area (Å²) in [6.45, 7) is 3.86. The van der Waals surface area contributed by atoms with Crippen LogP contribution in [-0.2, 0) is 4.74 Å². The summed E-state index contributed by atoms with van der Waals surface area (Å²) in [4.78, 5) is 10.1. The number of rotatable bonds is 4. The van der Waals surface area contributed by atoms with Gasteiger partial charge in [-0.05, 0) is 19.3 Å². The fourth-order valence-corrected chi connectivity index (χ4v) is 0.875. The first kappa shape index (κ1) is 10.2. The van der Waals surface area contributed by atoms with Gasteiger partial charge in [0.15, 0.2) is 0 Å². The molecule has 0 heterocycles. The van der Waals surface area contributed by atoms with Crippen LogP contribution >= 0.6 is 0 Å². The molecule has 0 bridgehead atoms. The van der Waals surface area contributed by atoms with E-state index in [-0.39, 0.29) is 18.6 Å². The number of aliphatic hydroxyl groups is 1. The van der Waals surface area contributed by atoms with E-state index in [1.54, 1.807) is 6.92 Å². The van der Waals surface area contributed by atoms with E-state index in [1.165, 1.54) is 0 Å². The van der Waals surface area contributed by atoms with Gasteiger partial charge in [0.25, 0.3) is 0 Å². The van der Waals surface area contributed by atoms with Crippen molar-refractivity contribution >= 4 is 6.09 Å². The van der Waals surface area contributed by atoms with E-state index in [9.17, 15) is 4.79 Å². The lowest BCUT2D eigenvalue weighted by Gasteiger charge is -2.11. The molecular weight excluding hydrogens is 146 g/mol. The standard InChI is InChI=1S/C7H15NO3/c1-5(3-6(2)9)4-11-7(8)10/h5-6,9H,3-4H2,1-2H3,(H2,8,10). The molecule has 4 heteroatoms. The maximum Gasteiger partial charge on any atom is 0.404 e. The van der Waals surface area contributed by atoms with Crippen LogP contribution in [0.25, 0.3) is 0 Å². The monoisotopic (exact) mass is 161 g/mol. The summed E-state index contributed by atoms with van der Waals surface area (Å²) in [5.74, 6) is 0.155. The Balaban J connectivity index is 3.37. The number of carbonyl (C=O) groups excluding carboxylic acids is 1. The number of nitrogens with two attached hydrogens (primary N) is 1. The van der Waals surface area contributed by atoms with Gasteiger partial charge < -0.3 is 15.6 Å². The predicted octanol–water partition coefficient (Wildman–Crippen LogP) is 0.489. The Labute approximate surface area is 66.3 Å². The van der Waals surface area contributed by atoms with Crippen molar-refractivity contribution in [2.75, 3.05) is 6.61 Å². The van der Waals surface area contributed by atoms with Crippen molar-refractivity contribution in [1.29, 1.82) is 0 Å². The second-order valence-corrected chi connectivity index (χ2v) is 2.82. The van der Waals surface area contributed by atoms with Gasteiger partial charge in [0, 0.05) is 0 Å². The second-order valence-electron chi connectivity index (χ2n) is 2.82. The molecule has 2 atom stereocenters. The minimum Gasteiger partial charge on any atom is -0.449 e. The first-order chi connectivity index (χ1) is 5.02. The maximum atomic E-state index is 10.1. The van der Waals surface area contributed by atoms with Crippen molar-refractivity contribution in [1.82, 2.24) is 0 Å². The third kappa shape index (κ3) is 7.12. The summed E-state index contributed by atoms with van der Waals surface area (Å²) in [7, 11) is 0. The molecular formula is C7H15NO3. The summed E-state index contributed by atoms with van der Waals surface area (Å²) in [5.41, 5.74) is 4.75. The first-order valence-electron chi connectivity index (χ1n) is 3.62. The van der Waals surface area contributed by atoms with Crippen molar-refractivity contribution in [3.8, 4) is 0 Å². The van der Waals surface area contributed by atoms with E-state index >= 15 is 0 Å². The van der Waals surface area contributed by atoms with E-state index in [2.05, 4.69) is 4.74 Å². The SMILES string of the molecule is CC(O)CC(C)COC(N)=O. The van der Waals surface area contributed by atoms with Crippen LogP contribution in [0.15, 0.2) is 0 Å². The summed E-state index contributed by atoms with van der Waals surface area (Å²) in [6, 6.07) is 0. The minimum absolute atomic E-state index is 0.155. The average molecular weight is 161 g/mol. The first-order valence-corrected chi connectivity index (χ1v) is 3.62. The van der Waals surface area contributed by atoms with Gasteiger partial charge in [0.05, 0.1) is 12.7 Å². The molecule has 11 heavy (non-hydrogen) atoms. The predicted molar refractivity (Wildman–Crippen MR) is 41.0 cm³/mol. The minimum atomic E-state index is -0.762. The highest BCUT2D eigenvalue weighted by atomic mass is 16.5. The number of hydrogen-bond acceptors (Lipinski definition) is 3. The van der Waals surface area contributed by atoms with Crippen molar-refractivity contribution in [2.24, 2.45) is 11.7 Å². The van der Waals surface area contributed by atoms with Crippen LogP contribution in [0.4, 0.5) is 4.79 Å². The lowest BCUT2D eigenvalue weighted by atomic mass is 10.1. The van der Waals surface area contributed by atoms with Gasteiger partial charge in [-0.2, -0.15) is 0 Å². The number of aliphatic hydroxyl groups excluding tert-OH is 1. The molecule has 0 fully saturated rings. The molecule has 0 saturated carbocycles. The molecule has 3 N–H and O–H groups in total. The molecule has 0 aliphatic heterocycles. The summed E-state index contributed by atoms with van der Waals surface area (Å²) < 4.78 is 4.53. The van der Waals surface area contributed by atoms with Gasteiger partial charge in [-0.3, -0.25) is 0 Å². The van der Waals surface area contributed by atoms with Gasteiger partial charge in [0.1, 0.15) is 0 Å². The van der Waals surface area contributed by atoms with Gasteiger partial charge in [0.2, 0.25) is 0 Å². The zero-order chi connectivity index (χ0) is 8.85. The van der Waals surface area contributed by atoms with E-state index in [1.807, 2.05) is 6.92 Å². The van der Waals surface area contributed by atoms with E-state index in [4.69, 9.17) is 10.8 Å². The molecule has 0 spiro atoms. The van der Waals surface area contributed by atoms with Gasteiger partial charge in [-0.25, -0.2) is 4.79 Å². The molecule has 0 aromatic carbocycles. The van der Waals surface area contributed by atoms with Crippen molar-refractivity contribution < 1.29 is 14.6 Å². The Bertz CT molecular complexity index is 125. The molecule has 4 nitrogen and oxygen atoms in total. The Hall–Kier alpha value is -0.770. The van der Waals surface area contributed by atoms with Crippen LogP contribution in [-0.4, -0.2) is 23.9 Å². The highest BCUT2D eigenvalue weighted by Crippen LogP contribution is 2.05. The molecule has 66 valence electrons. The normalized spacial score (nSPS) is 15.5. The van der Waals surface area contributed by atoms with E-state index in [0.29, 0.717) is 6.42 Å². The van der Waals surface area contributed by atoms with Gasteiger partial charge in [-0.1, -0.05) is 6.92 Å². The number of ether oxygens (including phenoxy) is 1. The lowest BCUT2D eigenvalue weighted by molar-refractivity contribution is 0.110. The van der Waals surface area contributed by atoms with Crippen LogP contribution in [0.5, 0.6) is 0 Å². The van der Waals surface area contributed by atoms with Gasteiger partial charge in [-0.15, -0.1) is 0 Å². The van der Waals surface area contributed by atoms with Crippen LogP contribution in [0.2, 0.25) is 0 Å². The lowest BCUT2D eigenvalue weighted by Crippen LogP contribution is -2.19. The molecule has 0 radical (unpaired) electrons. The largest absolute Gasteiger partial charge is 0.449 e. The molecule has 0 aliphatic carbocycles. The van der Waals surface area contributed by atoms with Crippen molar-refractivity contribution in [2.45, 2.75) is 26.4 Å². The molecule has 0 aromatic rings. The van der Waals surface area contributed by atoms with E-state index < -0.39 is 6.09 Å². The fourth-order valence-electron chi connectivity index (χ4n) is 0.875. The van der Waals surface area contributed by atoms with Crippen LogP contribution < -0.4 is 5.73 Å². The van der Waals surface area contributed by atoms with Crippen molar-refractivity contribution in [3.63, 3.8) is 0 Å². The summed E-state index contributed by atoms with van der Waals surface area (Å²) in [6.07, 6.45) is -0.503. The molecule has 0 rings (SSSR count). The number of carbonyl (C=O) groups is 1. The topological polar surface area (TPSA) is 72.6 Å². The molecule has 2 unspecified atom stereocenters. The number of hydrogen-bond donors (Lipinski definition) is 2. The summed E-state index contributed by atoms with van der Waals surface area (Å²) >= 11 is 0. The Kier molecular flexibility index (Phi) is 4.61. The molecule has 0 saturated heterocycles. The maximum absolute atomic E-state index is 10.1. The van der Waals surface area contributed by atoms with E-state index in [0.717, 1.165) is 0 Å². The fraction of sp³-hybridized carbons (Fsp3) is 0.857. The molecule has 0 aromatic heterocycles. The average Bonchev–Trinajstić information content (AvgIpc) is 1.82. The number of amides is 1. The Morgan fingerprint density at radius 2 is 2.18 bits per heavy atom. The quantitative estimate of drug-likeness (QED) is 0.630. The van der Waals surface area contributed by atoms with Crippen LogP contribution in [0, 0.1) is 5.92 Å². The van der Waals surface area contributed by atoms with Crippen LogP contribution in [0.3, 0.4) is 0 Å². The highest BCUT2D eigenvalue weighted by molar-refractivity contribution is 5.64. The number of primary amides is 1. The third-order valence-electron chi connectivity index (χ3n) is 1.25. The third-order valence-corrected chi connectivity index (χ3v) is 1.25. The van der Waals surface area contributed by atoms with Crippen LogP contribution in [0.1, 0.15) is 20.3 Å². The molecule has 1 amide bonds. The summed E-state index contributed by atoms with van der Waals surface area (Å²) in [5, 5.41) is 8.92. The molecule has 0 aliphatic rings. The highest BCUT2D eigenvalue weighted by Gasteiger charge is 2.07. The second kappa shape index (κ2) is 4.96. The zero-order valence-corrected chi connectivity index (χ0v) is 6.91. The zero-order valence-electron chi connectivity index (χ0n) is 6.91. The smallest absolute Gasteiger partial charge is 0.404 e. The Morgan fingerprint density at radius 3 is 2.55 bits per heavy atom. The van der Waals surface area contributed by atoms with Crippen molar-refractivity contribution in [3.05, 3.63) is 0 Å².